The normalized spacial score (nSPS) is 10.8. The molecule has 0 aliphatic rings. The molecule has 0 unspecified atom stereocenters. The third-order valence-corrected chi connectivity index (χ3v) is 3.27. The van der Waals surface area contributed by atoms with E-state index in [1.807, 2.05) is 55.5 Å². The first-order valence-electron chi connectivity index (χ1n) is 6.17. The van der Waals surface area contributed by atoms with Crippen LogP contribution in [0.3, 0.4) is 0 Å². The number of nitrogens with zero attached hydrogens (tertiary/aromatic N) is 1. The van der Waals surface area contributed by atoms with Crippen molar-refractivity contribution in [1.29, 1.82) is 0 Å². The van der Waals surface area contributed by atoms with Crippen LogP contribution >= 0.6 is 0 Å². The van der Waals surface area contributed by atoms with Gasteiger partial charge in [-0.25, -0.2) is 4.98 Å². The summed E-state index contributed by atoms with van der Waals surface area (Å²) in [5, 5.41) is 0.952. The SMILES string of the molecule is Cc1ccc2nc(N)c(-c3ccccc3)c(N)c2c1. The van der Waals surface area contributed by atoms with Crippen LogP contribution in [-0.2, 0) is 0 Å². The molecule has 0 saturated carbocycles. The zero-order chi connectivity index (χ0) is 13.4. The molecule has 0 radical (unpaired) electrons. The molecular weight excluding hydrogens is 234 g/mol. The van der Waals surface area contributed by atoms with Crippen molar-refractivity contribution in [3.8, 4) is 11.1 Å². The molecule has 0 amide bonds. The molecule has 4 N–H and O–H groups in total. The molecule has 0 bridgehead atoms. The molecular formula is C16H15N3. The molecule has 94 valence electrons. The van der Waals surface area contributed by atoms with E-state index in [2.05, 4.69) is 4.98 Å². The zero-order valence-electron chi connectivity index (χ0n) is 10.7. The number of anilines is 2. The third-order valence-electron chi connectivity index (χ3n) is 3.27. The van der Waals surface area contributed by atoms with Crippen molar-refractivity contribution in [2.75, 3.05) is 11.5 Å². The predicted octanol–water partition coefficient (Wildman–Crippen LogP) is 3.37. The summed E-state index contributed by atoms with van der Waals surface area (Å²) in [6, 6.07) is 15.9. The maximum Gasteiger partial charge on any atom is 0.134 e. The second-order valence-electron chi connectivity index (χ2n) is 4.67. The molecule has 3 heteroatoms. The summed E-state index contributed by atoms with van der Waals surface area (Å²) < 4.78 is 0. The quantitative estimate of drug-likeness (QED) is 0.695. The lowest BCUT2D eigenvalue weighted by Crippen LogP contribution is -2.01. The summed E-state index contributed by atoms with van der Waals surface area (Å²) in [6.07, 6.45) is 0. The Hall–Kier alpha value is -2.55. The highest BCUT2D eigenvalue weighted by Crippen LogP contribution is 2.35. The van der Waals surface area contributed by atoms with Crippen molar-refractivity contribution in [1.82, 2.24) is 4.98 Å². The average Bonchev–Trinajstić information content (AvgIpc) is 2.41. The number of aromatic nitrogens is 1. The van der Waals surface area contributed by atoms with Crippen LogP contribution in [0.1, 0.15) is 5.56 Å². The largest absolute Gasteiger partial charge is 0.398 e. The number of rotatable bonds is 1. The fourth-order valence-electron chi connectivity index (χ4n) is 2.33. The van der Waals surface area contributed by atoms with Crippen molar-refractivity contribution in [3.63, 3.8) is 0 Å². The van der Waals surface area contributed by atoms with Gasteiger partial charge in [-0.15, -0.1) is 0 Å². The van der Waals surface area contributed by atoms with Crippen LogP contribution < -0.4 is 11.5 Å². The van der Waals surface area contributed by atoms with Crippen LogP contribution in [0.4, 0.5) is 11.5 Å². The van der Waals surface area contributed by atoms with E-state index in [1.165, 1.54) is 0 Å². The van der Waals surface area contributed by atoms with Crippen LogP contribution in [0, 0.1) is 6.92 Å². The Kier molecular flexibility index (Phi) is 2.60. The summed E-state index contributed by atoms with van der Waals surface area (Å²) in [5.74, 6) is 0.472. The highest BCUT2D eigenvalue weighted by molar-refractivity contribution is 6.02. The van der Waals surface area contributed by atoms with Crippen LogP contribution in [0.25, 0.3) is 22.0 Å². The third kappa shape index (κ3) is 1.89. The maximum atomic E-state index is 6.30. The average molecular weight is 249 g/mol. The number of fused-ring (bicyclic) bond motifs is 1. The molecule has 3 rings (SSSR count). The number of nitrogen functional groups attached to an aromatic ring is 2. The molecule has 0 spiro atoms. The maximum absolute atomic E-state index is 6.30. The fraction of sp³-hybridized carbons (Fsp3) is 0.0625. The van der Waals surface area contributed by atoms with Crippen LogP contribution in [0.15, 0.2) is 48.5 Å². The molecule has 3 aromatic rings. The van der Waals surface area contributed by atoms with E-state index in [1.54, 1.807) is 0 Å². The summed E-state index contributed by atoms with van der Waals surface area (Å²) in [6.45, 7) is 2.04. The minimum atomic E-state index is 0.472. The smallest absolute Gasteiger partial charge is 0.134 e. The second kappa shape index (κ2) is 4.28. The van der Waals surface area contributed by atoms with Gasteiger partial charge in [-0.1, -0.05) is 42.0 Å². The van der Waals surface area contributed by atoms with E-state index in [0.717, 1.165) is 27.6 Å². The minimum Gasteiger partial charge on any atom is -0.398 e. The highest BCUT2D eigenvalue weighted by atomic mass is 14.9. The standard InChI is InChI=1S/C16H15N3/c1-10-7-8-13-12(9-10)15(17)14(16(18)19-13)11-5-3-2-4-6-11/h2-9H,1H3,(H4,17,18,19). The van der Waals surface area contributed by atoms with Gasteiger partial charge in [0.25, 0.3) is 0 Å². The topological polar surface area (TPSA) is 64.9 Å². The van der Waals surface area contributed by atoms with E-state index in [0.29, 0.717) is 11.5 Å². The molecule has 19 heavy (non-hydrogen) atoms. The van der Waals surface area contributed by atoms with Crippen LogP contribution in [-0.4, -0.2) is 4.98 Å². The number of benzene rings is 2. The molecule has 0 aliphatic carbocycles. The van der Waals surface area contributed by atoms with Gasteiger partial charge in [-0.05, 0) is 24.6 Å². The molecule has 1 heterocycles. The van der Waals surface area contributed by atoms with Gasteiger partial charge >= 0.3 is 0 Å². The van der Waals surface area contributed by atoms with Crippen molar-refractivity contribution >= 4 is 22.4 Å². The van der Waals surface area contributed by atoms with E-state index in [-0.39, 0.29) is 0 Å². The lowest BCUT2D eigenvalue weighted by molar-refractivity contribution is 1.39. The van der Waals surface area contributed by atoms with E-state index < -0.39 is 0 Å². The second-order valence-corrected chi connectivity index (χ2v) is 4.67. The molecule has 1 aromatic heterocycles. The van der Waals surface area contributed by atoms with Gasteiger partial charge in [0, 0.05) is 10.9 Å². The number of pyridine rings is 1. The van der Waals surface area contributed by atoms with Crippen LogP contribution in [0.5, 0.6) is 0 Å². The number of hydrogen-bond donors (Lipinski definition) is 2. The summed E-state index contributed by atoms with van der Waals surface area (Å²) in [7, 11) is 0. The van der Waals surface area contributed by atoms with Gasteiger partial charge in [0.1, 0.15) is 5.82 Å². The lowest BCUT2D eigenvalue weighted by Gasteiger charge is -2.12. The first-order valence-corrected chi connectivity index (χ1v) is 6.17. The minimum absolute atomic E-state index is 0.472. The molecule has 0 atom stereocenters. The first kappa shape index (κ1) is 11.5. The Morgan fingerprint density at radius 1 is 0.947 bits per heavy atom. The number of nitrogens with two attached hydrogens (primary N) is 2. The molecule has 0 saturated heterocycles. The molecule has 3 nitrogen and oxygen atoms in total. The van der Waals surface area contributed by atoms with Crippen molar-refractivity contribution in [2.45, 2.75) is 6.92 Å². The van der Waals surface area contributed by atoms with Gasteiger partial charge in [0.05, 0.1) is 11.2 Å². The Morgan fingerprint density at radius 2 is 1.68 bits per heavy atom. The van der Waals surface area contributed by atoms with Crippen molar-refractivity contribution in [2.24, 2.45) is 0 Å². The lowest BCUT2D eigenvalue weighted by atomic mass is 10.0. The van der Waals surface area contributed by atoms with Crippen molar-refractivity contribution < 1.29 is 0 Å². The first-order chi connectivity index (χ1) is 9.16. The monoisotopic (exact) mass is 249 g/mol. The van der Waals surface area contributed by atoms with Crippen LogP contribution in [0.2, 0.25) is 0 Å². The summed E-state index contributed by atoms with van der Waals surface area (Å²) >= 11 is 0. The highest BCUT2D eigenvalue weighted by Gasteiger charge is 2.12. The Labute approximate surface area is 111 Å². The molecule has 0 aliphatic heterocycles. The summed E-state index contributed by atoms with van der Waals surface area (Å²) in [5.41, 5.74) is 16.9. The van der Waals surface area contributed by atoms with Gasteiger partial charge in [-0.2, -0.15) is 0 Å². The van der Waals surface area contributed by atoms with Crippen molar-refractivity contribution in [3.05, 3.63) is 54.1 Å². The fourth-order valence-corrected chi connectivity index (χ4v) is 2.33. The molecule has 2 aromatic carbocycles. The predicted molar refractivity (Wildman–Crippen MR) is 80.7 cm³/mol. The van der Waals surface area contributed by atoms with Gasteiger partial charge in [0.2, 0.25) is 0 Å². The van der Waals surface area contributed by atoms with E-state index in [9.17, 15) is 0 Å². The van der Waals surface area contributed by atoms with E-state index in [4.69, 9.17) is 11.5 Å². The van der Waals surface area contributed by atoms with Gasteiger partial charge in [0.15, 0.2) is 0 Å². The molecule has 0 fully saturated rings. The Bertz CT molecular complexity index is 749. The number of aryl methyl sites for hydroxylation is 1. The van der Waals surface area contributed by atoms with E-state index >= 15 is 0 Å². The Morgan fingerprint density at radius 3 is 2.42 bits per heavy atom. The summed E-state index contributed by atoms with van der Waals surface area (Å²) in [4.78, 5) is 4.45. The van der Waals surface area contributed by atoms with Gasteiger partial charge < -0.3 is 11.5 Å². The van der Waals surface area contributed by atoms with Gasteiger partial charge in [-0.3, -0.25) is 0 Å². The number of hydrogen-bond acceptors (Lipinski definition) is 3. The Balaban J connectivity index is 2.37. The zero-order valence-corrected chi connectivity index (χ0v) is 10.7.